The molecule has 0 fully saturated rings. The van der Waals surface area contributed by atoms with E-state index in [1.807, 2.05) is 6.20 Å². The molecule has 19 heavy (non-hydrogen) atoms. The lowest BCUT2D eigenvalue weighted by molar-refractivity contribution is -0.137. The third-order valence-electron chi connectivity index (χ3n) is 2.93. The molecule has 1 heterocycles. The quantitative estimate of drug-likeness (QED) is 0.770. The van der Waals surface area contributed by atoms with Gasteiger partial charge in [0, 0.05) is 30.4 Å². The molecule has 0 saturated heterocycles. The molecular weight excluding hydrogens is 246 g/mol. The third kappa shape index (κ3) is 5.40. The zero-order chi connectivity index (χ0) is 14.5. The highest BCUT2D eigenvalue weighted by Gasteiger charge is 2.22. The van der Waals surface area contributed by atoms with Gasteiger partial charge in [-0.1, -0.05) is 0 Å². The van der Waals surface area contributed by atoms with Crippen LogP contribution in [-0.4, -0.2) is 49.6 Å². The van der Waals surface area contributed by atoms with Gasteiger partial charge in [0.1, 0.15) is 0 Å². The van der Waals surface area contributed by atoms with Crippen molar-refractivity contribution in [3.8, 4) is 0 Å². The van der Waals surface area contributed by atoms with Gasteiger partial charge in [-0.15, -0.1) is 0 Å². The van der Waals surface area contributed by atoms with Gasteiger partial charge in [0.2, 0.25) is 0 Å². The maximum atomic E-state index is 10.7. The second-order valence-electron chi connectivity index (χ2n) is 5.57. The van der Waals surface area contributed by atoms with E-state index in [0.29, 0.717) is 19.6 Å². The van der Waals surface area contributed by atoms with Crippen LogP contribution in [-0.2, 0) is 17.9 Å². The lowest BCUT2D eigenvalue weighted by atomic mass is 10.0. The van der Waals surface area contributed by atoms with Gasteiger partial charge < -0.3 is 10.2 Å². The van der Waals surface area contributed by atoms with Crippen LogP contribution in [0.4, 0.5) is 0 Å². The predicted molar refractivity (Wildman–Crippen MR) is 71.7 cm³/mol. The van der Waals surface area contributed by atoms with Gasteiger partial charge in [0.25, 0.3) is 0 Å². The van der Waals surface area contributed by atoms with E-state index in [9.17, 15) is 4.79 Å². The van der Waals surface area contributed by atoms with E-state index in [-0.39, 0.29) is 18.6 Å². The molecule has 1 rings (SSSR count). The Bertz CT molecular complexity index is 410. The molecule has 0 radical (unpaired) electrons. The normalized spacial score (nSPS) is 12.1. The monoisotopic (exact) mass is 269 g/mol. The van der Waals surface area contributed by atoms with Gasteiger partial charge in [-0.3, -0.25) is 14.4 Å². The van der Waals surface area contributed by atoms with Crippen LogP contribution in [0.2, 0.25) is 0 Å². The van der Waals surface area contributed by atoms with Crippen molar-refractivity contribution in [3.05, 3.63) is 18.0 Å². The number of carboxylic acids is 1. The Balaban J connectivity index is 2.67. The van der Waals surface area contributed by atoms with Crippen LogP contribution in [0.3, 0.4) is 0 Å². The highest BCUT2D eigenvalue weighted by atomic mass is 16.4. The minimum atomic E-state index is -0.787. The molecule has 0 aromatic carbocycles. The van der Waals surface area contributed by atoms with Gasteiger partial charge in [-0.2, -0.15) is 5.10 Å². The van der Waals surface area contributed by atoms with E-state index in [1.165, 1.54) is 0 Å². The Morgan fingerprint density at radius 3 is 2.68 bits per heavy atom. The first-order chi connectivity index (χ1) is 8.82. The maximum absolute atomic E-state index is 10.7. The predicted octanol–water partition coefficient (Wildman–Crippen LogP) is 0.951. The summed E-state index contributed by atoms with van der Waals surface area (Å²) in [4.78, 5) is 12.8. The van der Waals surface area contributed by atoms with E-state index in [4.69, 9.17) is 10.2 Å². The summed E-state index contributed by atoms with van der Waals surface area (Å²) in [5, 5.41) is 21.8. The summed E-state index contributed by atoms with van der Waals surface area (Å²) in [6.45, 7) is 7.88. The average molecular weight is 269 g/mol. The number of aliphatic hydroxyl groups is 1. The van der Waals surface area contributed by atoms with Crippen molar-refractivity contribution >= 4 is 5.97 Å². The Hall–Kier alpha value is -1.40. The van der Waals surface area contributed by atoms with Gasteiger partial charge in [-0.25, -0.2) is 0 Å². The fourth-order valence-electron chi connectivity index (χ4n) is 1.82. The van der Waals surface area contributed by atoms with Gasteiger partial charge in [-0.05, 0) is 20.8 Å². The largest absolute Gasteiger partial charge is 0.481 e. The van der Waals surface area contributed by atoms with Crippen molar-refractivity contribution in [1.82, 2.24) is 14.7 Å². The molecule has 0 aliphatic rings. The van der Waals surface area contributed by atoms with E-state index in [1.54, 1.807) is 10.9 Å². The Morgan fingerprint density at radius 2 is 2.16 bits per heavy atom. The topological polar surface area (TPSA) is 78.6 Å². The van der Waals surface area contributed by atoms with Crippen LogP contribution >= 0.6 is 0 Å². The second kappa shape index (κ2) is 6.68. The molecule has 0 aliphatic heterocycles. The molecule has 0 bridgehead atoms. The molecule has 0 aliphatic carbocycles. The summed E-state index contributed by atoms with van der Waals surface area (Å²) >= 11 is 0. The number of aliphatic carboxylic acids is 1. The number of aromatic nitrogens is 2. The molecule has 1 aromatic heterocycles. The average Bonchev–Trinajstić information content (AvgIpc) is 2.70. The number of hydrogen-bond donors (Lipinski definition) is 2. The highest BCUT2D eigenvalue weighted by molar-refractivity contribution is 5.66. The molecule has 1 aromatic rings. The van der Waals surface area contributed by atoms with Crippen LogP contribution in [0.25, 0.3) is 0 Å². The molecule has 0 amide bonds. The van der Waals surface area contributed by atoms with Crippen molar-refractivity contribution in [1.29, 1.82) is 0 Å². The van der Waals surface area contributed by atoms with Crippen LogP contribution in [0.1, 0.15) is 32.8 Å². The summed E-state index contributed by atoms with van der Waals surface area (Å²) in [5.41, 5.74) is 0.919. The van der Waals surface area contributed by atoms with E-state index < -0.39 is 5.97 Å². The summed E-state index contributed by atoms with van der Waals surface area (Å²) in [5.74, 6) is -0.787. The van der Waals surface area contributed by atoms with E-state index >= 15 is 0 Å². The van der Waals surface area contributed by atoms with Crippen molar-refractivity contribution in [2.24, 2.45) is 0 Å². The number of nitrogens with zero attached hydrogens (tertiary/aromatic N) is 3. The Morgan fingerprint density at radius 1 is 1.47 bits per heavy atom. The summed E-state index contributed by atoms with van der Waals surface area (Å²) < 4.78 is 1.69. The molecule has 0 spiro atoms. The number of carboxylic acid groups (broad SMARTS) is 1. The SMILES string of the molecule is CC(C)(C)N(CCC(=O)O)Cc1cnn(CCO)c1. The number of rotatable bonds is 7. The minimum Gasteiger partial charge on any atom is -0.481 e. The zero-order valence-electron chi connectivity index (χ0n) is 11.8. The van der Waals surface area contributed by atoms with Crippen LogP contribution in [0, 0.1) is 0 Å². The highest BCUT2D eigenvalue weighted by Crippen LogP contribution is 2.17. The summed E-state index contributed by atoms with van der Waals surface area (Å²) in [6, 6.07) is 0. The molecule has 0 unspecified atom stereocenters. The summed E-state index contributed by atoms with van der Waals surface area (Å²) in [6.07, 6.45) is 3.77. The first-order valence-electron chi connectivity index (χ1n) is 6.42. The van der Waals surface area contributed by atoms with Gasteiger partial charge in [0.15, 0.2) is 0 Å². The molecule has 6 heteroatoms. The van der Waals surface area contributed by atoms with Gasteiger partial charge >= 0.3 is 5.97 Å². The fourth-order valence-corrected chi connectivity index (χ4v) is 1.82. The van der Waals surface area contributed by atoms with Crippen LogP contribution < -0.4 is 0 Å². The first kappa shape index (κ1) is 15.7. The Kier molecular flexibility index (Phi) is 5.50. The minimum absolute atomic E-state index is 0.0587. The molecular formula is C13H23N3O3. The second-order valence-corrected chi connectivity index (χ2v) is 5.57. The van der Waals surface area contributed by atoms with Crippen molar-refractivity contribution in [2.45, 2.75) is 45.8 Å². The van der Waals surface area contributed by atoms with E-state index in [2.05, 4.69) is 30.8 Å². The zero-order valence-corrected chi connectivity index (χ0v) is 11.8. The maximum Gasteiger partial charge on any atom is 0.304 e. The van der Waals surface area contributed by atoms with Crippen molar-refractivity contribution in [3.63, 3.8) is 0 Å². The first-order valence-corrected chi connectivity index (χ1v) is 6.42. The molecule has 6 nitrogen and oxygen atoms in total. The molecule has 0 saturated carbocycles. The third-order valence-corrected chi connectivity index (χ3v) is 2.93. The number of hydrogen-bond acceptors (Lipinski definition) is 4. The van der Waals surface area contributed by atoms with Crippen molar-refractivity contribution < 1.29 is 15.0 Å². The summed E-state index contributed by atoms with van der Waals surface area (Å²) in [7, 11) is 0. The van der Waals surface area contributed by atoms with Crippen molar-refractivity contribution in [2.75, 3.05) is 13.2 Å². The number of aliphatic hydroxyl groups excluding tert-OH is 1. The molecule has 2 N–H and O–H groups in total. The van der Waals surface area contributed by atoms with Crippen LogP contribution in [0.15, 0.2) is 12.4 Å². The Labute approximate surface area is 113 Å². The standard InChI is InChI=1S/C13H23N3O3/c1-13(2,3)15(5-4-12(18)19)9-11-8-14-16(10-11)6-7-17/h8,10,17H,4-7,9H2,1-3H3,(H,18,19). The van der Waals surface area contributed by atoms with Gasteiger partial charge in [0.05, 0.1) is 25.8 Å². The molecule has 108 valence electrons. The van der Waals surface area contributed by atoms with E-state index in [0.717, 1.165) is 5.56 Å². The lowest BCUT2D eigenvalue weighted by Crippen LogP contribution is -2.41. The van der Waals surface area contributed by atoms with Crippen LogP contribution in [0.5, 0.6) is 0 Å². The number of carbonyl (C=O) groups is 1. The fraction of sp³-hybridized carbons (Fsp3) is 0.692. The smallest absolute Gasteiger partial charge is 0.304 e. The lowest BCUT2D eigenvalue weighted by Gasteiger charge is -2.35. The molecule has 0 atom stereocenters.